The fraction of sp³-hybridized carbons (Fsp3) is 0.0323. The van der Waals surface area contributed by atoms with E-state index in [1.807, 2.05) is 109 Å². The molecule has 0 saturated carbocycles. The Morgan fingerprint density at radius 3 is 2.11 bits per heavy atom. The van der Waals surface area contributed by atoms with E-state index in [4.69, 9.17) is 20.8 Å². The molecule has 0 aliphatic heterocycles. The first-order valence-electron chi connectivity index (χ1n) is 11.4. The first kappa shape index (κ1) is 23.2. The van der Waals surface area contributed by atoms with Gasteiger partial charge in [-0.1, -0.05) is 90.5 Å². The van der Waals surface area contributed by atoms with Gasteiger partial charge in [-0.15, -0.1) is 0 Å². The number of hydrogen-bond donors (Lipinski definition) is 0. The highest BCUT2D eigenvalue weighted by molar-refractivity contribution is 6.31. The monoisotopic (exact) mass is 488 g/mol. The molecule has 0 aliphatic carbocycles. The molecule has 0 amide bonds. The van der Waals surface area contributed by atoms with Crippen LogP contribution in [0.25, 0.3) is 22.5 Å². The fourth-order valence-electron chi connectivity index (χ4n) is 3.85. The Balaban J connectivity index is 1.42. The van der Waals surface area contributed by atoms with Crippen LogP contribution >= 0.6 is 11.6 Å². The molecule has 0 radical (unpaired) electrons. The molecule has 0 N–H and O–H groups in total. The molecule has 1 aromatic heterocycles. The van der Waals surface area contributed by atoms with Gasteiger partial charge in [0.25, 0.3) is 0 Å². The first-order valence-corrected chi connectivity index (χ1v) is 11.8. The van der Waals surface area contributed by atoms with Crippen molar-refractivity contribution in [1.29, 1.82) is 5.26 Å². The van der Waals surface area contributed by atoms with Crippen LogP contribution in [0, 0.1) is 11.3 Å². The van der Waals surface area contributed by atoms with Gasteiger partial charge < -0.3 is 9.15 Å². The molecular formula is C31H21ClN2O2. The molecule has 0 saturated heterocycles. The second kappa shape index (κ2) is 10.8. The highest BCUT2D eigenvalue weighted by Gasteiger charge is 2.22. The molecule has 5 heteroatoms. The lowest BCUT2D eigenvalue weighted by Crippen LogP contribution is -1.96. The summed E-state index contributed by atoms with van der Waals surface area (Å²) in [6, 6.07) is 36.9. The van der Waals surface area contributed by atoms with Crippen LogP contribution < -0.4 is 4.74 Å². The lowest BCUT2D eigenvalue weighted by molar-refractivity contribution is 0.306. The summed E-state index contributed by atoms with van der Waals surface area (Å²) in [6.07, 6.45) is 1.68. The van der Waals surface area contributed by atoms with E-state index in [-0.39, 0.29) is 5.88 Å². The van der Waals surface area contributed by atoms with Gasteiger partial charge in [-0.2, -0.15) is 5.26 Å². The number of ether oxygens (including phenoxy) is 1. The number of halogens is 1. The van der Waals surface area contributed by atoms with Crippen molar-refractivity contribution in [3.8, 4) is 34.3 Å². The fourth-order valence-corrected chi connectivity index (χ4v) is 4.04. The maximum absolute atomic E-state index is 10.0. The second-order valence-corrected chi connectivity index (χ2v) is 8.44. The highest BCUT2D eigenvalue weighted by atomic mass is 35.5. The van der Waals surface area contributed by atoms with Crippen molar-refractivity contribution in [3.63, 3.8) is 0 Å². The maximum atomic E-state index is 10.0. The summed E-state index contributed by atoms with van der Waals surface area (Å²) in [6.45, 7) is 0.384. The average Bonchev–Trinajstić information content (AvgIpc) is 3.31. The van der Waals surface area contributed by atoms with Crippen LogP contribution in [0.4, 0.5) is 5.88 Å². The predicted octanol–water partition coefficient (Wildman–Crippen LogP) is 8.47. The maximum Gasteiger partial charge on any atom is 0.238 e. The predicted molar refractivity (Wildman–Crippen MR) is 144 cm³/mol. The minimum Gasteiger partial charge on any atom is -0.489 e. The Kier molecular flexibility index (Phi) is 6.93. The van der Waals surface area contributed by atoms with E-state index in [0.29, 0.717) is 23.0 Å². The van der Waals surface area contributed by atoms with Crippen molar-refractivity contribution >= 4 is 23.7 Å². The van der Waals surface area contributed by atoms with Gasteiger partial charge in [0.2, 0.25) is 5.88 Å². The normalized spacial score (nSPS) is 10.9. The van der Waals surface area contributed by atoms with Gasteiger partial charge in [0.1, 0.15) is 29.7 Å². The van der Waals surface area contributed by atoms with E-state index in [1.165, 1.54) is 0 Å². The van der Waals surface area contributed by atoms with Crippen LogP contribution in [0.3, 0.4) is 0 Å². The number of rotatable bonds is 7. The third-order valence-electron chi connectivity index (χ3n) is 5.66. The summed E-state index contributed by atoms with van der Waals surface area (Å²) in [5.41, 5.74) is 4.70. The van der Waals surface area contributed by atoms with Crippen LogP contribution in [0.5, 0.6) is 5.75 Å². The van der Waals surface area contributed by atoms with Crippen molar-refractivity contribution in [2.45, 2.75) is 6.61 Å². The lowest BCUT2D eigenvalue weighted by Gasteiger charge is -2.07. The summed E-state index contributed by atoms with van der Waals surface area (Å²) < 4.78 is 12.0. The molecule has 4 nitrogen and oxygen atoms in total. The number of benzene rings is 4. The molecule has 0 fully saturated rings. The second-order valence-electron chi connectivity index (χ2n) is 8.04. The van der Waals surface area contributed by atoms with Crippen molar-refractivity contribution in [2.24, 2.45) is 4.99 Å². The van der Waals surface area contributed by atoms with Gasteiger partial charge in [0.15, 0.2) is 0 Å². The number of nitriles is 1. The van der Waals surface area contributed by atoms with E-state index in [9.17, 15) is 5.26 Å². The minimum atomic E-state index is 0.272. The SMILES string of the molecule is N#Cc1c(N=Cc2ccc(OCc3ccccc3Cl)cc2)oc(-c2ccccc2)c1-c1ccccc1. The third-order valence-corrected chi connectivity index (χ3v) is 6.03. The summed E-state index contributed by atoms with van der Waals surface area (Å²) in [5, 5.41) is 10.7. The number of furan rings is 1. The number of nitrogens with zero attached hydrogens (tertiary/aromatic N) is 2. The molecule has 1 heterocycles. The van der Waals surface area contributed by atoms with Gasteiger partial charge in [-0.05, 0) is 41.5 Å². The van der Waals surface area contributed by atoms with E-state index >= 15 is 0 Å². The third kappa shape index (κ3) is 5.07. The molecule has 4 aromatic carbocycles. The molecule has 5 rings (SSSR count). The number of aliphatic imine (C=N–C) groups is 1. The van der Waals surface area contributed by atoms with Gasteiger partial charge in [0, 0.05) is 27.9 Å². The zero-order valence-electron chi connectivity index (χ0n) is 19.3. The van der Waals surface area contributed by atoms with Crippen LogP contribution in [0.1, 0.15) is 16.7 Å². The molecule has 0 aliphatic rings. The smallest absolute Gasteiger partial charge is 0.238 e. The summed E-state index contributed by atoms with van der Waals surface area (Å²) in [4.78, 5) is 4.54. The lowest BCUT2D eigenvalue weighted by atomic mass is 9.98. The molecular weight excluding hydrogens is 468 g/mol. The van der Waals surface area contributed by atoms with Crippen molar-refractivity contribution in [2.75, 3.05) is 0 Å². The minimum absolute atomic E-state index is 0.272. The molecule has 0 bridgehead atoms. The zero-order chi connectivity index (χ0) is 24.7. The zero-order valence-corrected chi connectivity index (χ0v) is 20.0. The molecule has 0 atom stereocenters. The Labute approximate surface area is 214 Å². The Morgan fingerprint density at radius 1 is 0.806 bits per heavy atom. The Bertz CT molecular complexity index is 1530. The van der Waals surface area contributed by atoms with Gasteiger partial charge in [-0.25, -0.2) is 4.99 Å². The van der Waals surface area contributed by atoms with Crippen LogP contribution in [-0.2, 0) is 6.61 Å². The van der Waals surface area contributed by atoms with Gasteiger partial charge >= 0.3 is 0 Å². The van der Waals surface area contributed by atoms with Crippen LogP contribution in [0.15, 0.2) is 119 Å². The first-order chi connectivity index (χ1) is 17.7. The Morgan fingerprint density at radius 2 is 1.44 bits per heavy atom. The van der Waals surface area contributed by atoms with E-state index in [0.717, 1.165) is 33.6 Å². The van der Waals surface area contributed by atoms with Crippen molar-refractivity contribution in [3.05, 3.63) is 131 Å². The molecule has 5 aromatic rings. The summed E-state index contributed by atoms with van der Waals surface area (Å²) in [7, 11) is 0. The summed E-state index contributed by atoms with van der Waals surface area (Å²) in [5.74, 6) is 1.61. The van der Waals surface area contributed by atoms with Gasteiger partial charge in [0.05, 0.1) is 0 Å². The van der Waals surface area contributed by atoms with E-state index < -0.39 is 0 Å². The topological polar surface area (TPSA) is 58.5 Å². The molecule has 0 spiro atoms. The van der Waals surface area contributed by atoms with Crippen molar-refractivity contribution < 1.29 is 9.15 Å². The van der Waals surface area contributed by atoms with E-state index in [2.05, 4.69) is 11.1 Å². The Hall–Kier alpha value is -4.59. The number of hydrogen-bond acceptors (Lipinski definition) is 4. The van der Waals surface area contributed by atoms with Crippen LogP contribution in [-0.4, -0.2) is 6.21 Å². The average molecular weight is 489 g/mol. The molecule has 0 unspecified atom stereocenters. The standard InChI is InChI=1S/C31H21ClN2O2/c32-28-14-8-7-13-25(28)21-35-26-17-15-22(16-18-26)20-34-31-27(19-33)29(23-9-3-1-4-10-23)30(36-31)24-11-5-2-6-12-24/h1-18,20H,21H2. The largest absolute Gasteiger partial charge is 0.489 e. The van der Waals surface area contributed by atoms with Crippen molar-refractivity contribution in [1.82, 2.24) is 0 Å². The van der Waals surface area contributed by atoms with Gasteiger partial charge in [-0.3, -0.25) is 0 Å². The summed E-state index contributed by atoms with van der Waals surface area (Å²) >= 11 is 6.20. The highest BCUT2D eigenvalue weighted by Crippen LogP contribution is 2.42. The van der Waals surface area contributed by atoms with Crippen LogP contribution in [0.2, 0.25) is 5.02 Å². The molecule has 174 valence electrons. The van der Waals surface area contributed by atoms with E-state index in [1.54, 1.807) is 6.21 Å². The molecule has 36 heavy (non-hydrogen) atoms. The quantitative estimate of drug-likeness (QED) is 0.216.